The van der Waals surface area contributed by atoms with Gasteiger partial charge in [-0.2, -0.15) is 0 Å². The lowest BCUT2D eigenvalue weighted by atomic mass is 9.83. The third kappa shape index (κ3) is 4.85. The van der Waals surface area contributed by atoms with Crippen LogP contribution in [0, 0.1) is 5.92 Å². The van der Waals surface area contributed by atoms with Crippen molar-refractivity contribution in [2.24, 2.45) is 5.92 Å². The second-order valence-electron chi connectivity index (χ2n) is 6.08. The van der Waals surface area contributed by atoms with Gasteiger partial charge in [0.2, 0.25) is 0 Å². The summed E-state index contributed by atoms with van der Waals surface area (Å²) in [6, 6.07) is 8.32. The molecule has 2 rings (SSSR count). The number of carbonyl (C=O) groups excluding carboxylic acids is 1. The highest BCUT2D eigenvalue weighted by Crippen LogP contribution is 2.27. The van der Waals surface area contributed by atoms with Crippen LogP contribution in [0.15, 0.2) is 24.3 Å². The fourth-order valence-corrected chi connectivity index (χ4v) is 3.20. The molecule has 0 aromatic heterocycles. The van der Waals surface area contributed by atoms with E-state index in [2.05, 4.69) is 12.2 Å². The van der Waals surface area contributed by atoms with Crippen molar-refractivity contribution < 1.29 is 9.53 Å². The average Bonchev–Trinajstić information content (AvgIpc) is 2.54. The first-order chi connectivity index (χ1) is 10.2. The molecule has 116 valence electrons. The molecule has 1 aliphatic rings. The number of rotatable bonds is 6. The number of ether oxygens (including phenoxy) is 1. The van der Waals surface area contributed by atoms with E-state index < -0.39 is 0 Å². The molecule has 3 nitrogen and oxygen atoms in total. The molecule has 0 aliphatic heterocycles. The summed E-state index contributed by atoms with van der Waals surface area (Å²) < 4.78 is 4.71. The van der Waals surface area contributed by atoms with E-state index in [0.29, 0.717) is 11.6 Å². The molecule has 1 fully saturated rings. The summed E-state index contributed by atoms with van der Waals surface area (Å²) in [4.78, 5) is 11.4. The Hall–Kier alpha value is -1.35. The van der Waals surface area contributed by atoms with Crippen LogP contribution in [0.2, 0.25) is 0 Å². The summed E-state index contributed by atoms with van der Waals surface area (Å²) in [5, 5.41) is 3.65. The van der Waals surface area contributed by atoms with Gasteiger partial charge < -0.3 is 10.1 Å². The average molecular weight is 289 g/mol. The molecular formula is C18H27NO2. The smallest absolute Gasteiger partial charge is 0.337 e. The van der Waals surface area contributed by atoms with Gasteiger partial charge in [-0.15, -0.1) is 0 Å². The minimum atomic E-state index is -0.274. The van der Waals surface area contributed by atoms with Crippen LogP contribution in [0.25, 0.3) is 0 Å². The van der Waals surface area contributed by atoms with E-state index in [-0.39, 0.29) is 5.97 Å². The molecule has 1 aromatic rings. The van der Waals surface area contributed by atoms with Gasteiger partial charge in [0.25, 0.3) is 0 Å². The van der Waals surface area contributed by atoms with Crippen molar-refractivity contribution in [1.29, 1.82) is 0 Å². The fraction of sp³-hybridized carbons (Fsp3) is 0.611. The molecular weight excluding hydrogens is 262 g/mol. The molecule has 0 unspecified atom stereocenters. The second-order valence-corrected chi connectivity index (χ2v) is 6.08. The summed E-state index contributed by atoms with van der Waals surface area (Å²) in [6.07, 6.45) is 8.03. The van der Waals surface area contributed by atoms with Crippen molar-refractivity contribution >= 4 is 5.97 Å². The predicted molar refractivity (Wildman–Crippen MR) is 85.3 cm³/mol. The van der Waals surface area contributed by atoms with Crippen molar-refractivity contribution in [3.63, 3.8) is 0 Å². The normalized spacial score (nSPS) is 22.0. The lowest BCUT2D eigenvalue weighted by Crippen LogP contribution is -2.32. The molecule has 0 heterocycles. The van der Waals surface area contributed by atoms with E-state index >= 15 is 0 Å². The van der Waals surface area contributed by atoms with E-state index in [9.17, 15) is 4.79 Å². The summed E-state index contributed by atoms with van der Waals surface area (Å²) in [6.45, 7) is 3.16. The number of benzene rings is 1. The molecule has 3 heteroatoms. The van der Waals surface area contributed by atoms with E-state index in [1.165, 1.54) is 51.2 Å². The van der Waals surface area contributed by atoms with Gasteiger partial charge in [-0.05, 0) is 49.3 Å². The van der Waals surface area contributed by atoms with Crippen LogP contribution in [0.3, 0.4) is 0 Å². The van der Waals surface area contributed by atoms with Gasteiger partial charge in [0.15, 0.2) is 0 Å². The summed E-state index contributed by atoms with van der Waals surface area (Å²) in [7, 11) is 1.41. The Bertz CT molecular complexity index is 433. The van der Waals surface area contributed by atoms with E-state index in [0.717, 1.165) is 12.5 Å². The van der Waals surface area contributed by atoms with E-state index in [1.807, 2.05) is 24.3 Å². The maximum Gasteiger partial charge on any atom is 0.337 e. The Kier molecular flexibility index (Phi) is 6.24. The molecule has 1 N–H and O–H groups in total. The Balaban J connectivity index is 1.75. The van der Waals surface area contributed by atoms with Crippen LogP contribution >= 0.6 is 0 Å². The highest BCUT2D eigenvalue weighted by Gasteiger charge is 2.19. The first-order valence-electron chi connectivity index (χ1n) is 8.13. The molecule has 0 bridgehead atoms. The summed E-state index contributed by atoms with van der Waals surface area (Å²) >= 11 is 0. The maximum absolute atomic E-state index is 11.4. The first kappa shape index (κ1) is 16.0. The van der Waals surface area contributed by atoms with Crippen LogP contribution in [0.5, 0.6) is 0 Å². The Morgan fingerprint density at radius 2 is 1.86 bits per heavy atom. The van der Waals surface area contributed by atoms with Gasteiger partial charge in [-0.3, -0.25) is 0 Å². The lowest BCUT2D eigenvalue weighted by molar-refractivity contribution is 0.0600. The molecule has 0 saturated heterocycles. The Labute approximate surface area is 128 Å². The van der Waals surface area contributed by atoms with Crippen LogP contribution < -0.4 is 5.32 Å². The van der Waals surface area contributed by atoms with Crippen molar-refractivity contribution in [3.8, 4) is 0 Å². The van der Waals surface area contributed by atoms with Crippen LogP contribution in [0.1, 0.15) is 61.4 Å². The van der Waals surface area contributed by atoms with Crippen LogP contribution in [-0.2, 0) is 11.3 Å². The van der Waals surface area contributed by atoms with Crippen molar-refractivity contribution in [3.05, 3.63) is 35.4 Å². The van der Waals surface area contributed by atoms with Crippen molar-refractivity contribution in [2.75, 3.05) is 7.11 Å². The number of hydrogen-bond acceptors (Lipinski definition) is 3. The number of hydrogen-bond donors (Lipinski definition) is 1. The molecule has 0 atom stereocenters. The summed E-state index contributed by atoms with van der Waals surface area (Å²) in [5.41, 5.74) is 1.83. The topological polar surface area (TPSA) is 38.3 Å². The lowest BCUT2D eigenvalue weighted by Gasteiger charge is -2.29. The zero-order chi connectivity index (χ0) is 15.1. The standard InChI is InChI=1S/C18H27NO2/c1-3-4-14-7-11-17(12-8-14)19-13-15-5-9-16(10-6-15)18(20)21-2/h5-6,9-10,14,17,19H,3-4,7-8,11-13H2,1-2H3. The van der Waals surface area contributed by atoms with E-state index in [4.69, 9.17) is 4.74 Å². The zero-order valence-electron chi connectivity index (χ0n) is 13.2. The summed E-state index contributed by atoms with van der Waals surface area (Å²) in [5.74, 6) is 0.677. The Morgan fingerprint density at radius 1 is 1.19 bits per heavy atom. The third-order valence-electron chi connectivity index (χ3n) is 4.51. The number of carbonyl (C=O) groups is 1. The van der Waals surface area contributed by atoms with Crippen molar-refractivity contribution in [1.82, 2.24) is 5.32 Å². The molecule has 21 heavy (non-hydrogen) atoms. The SMILES string of the molecule is CCCC1CCC(NCc2ccc(C(=O)OC)cc2)CC1. The largest absolute Gasteiger partial charge is 0.465 e. The molecule has 1 aliphatic carbocycles. The molecule has 0 amide bonds. The minimum absolute atomic E-state index is 0.274. The van der Waals surface area contributed by atoms with Gasteiger partial charge in [0.05, 0.1) is 12.7 Å². The predicted octanol–water partition coefficient (Wildman–Crippen LogP) is 3.92. The highest BCUT2D eigenvalue weighted by atomic mass is 16.5. The number of nitrogens with one attached hydrogen (secondary N) is 1. The van der Waals surface area contributed by atoms with E-state index in [1.54, 1.807) is 0 Å². The number of methoxy groups -OCH3 is 1. The molecule has 0 spiro atoms. The zero-order valence-corrected chi connectivity index (χ0v) is 13.2. The second kappa shape index (κ2) is 8.18. The molecule has 0 radical (unpaired) electrons. The van der Waals surface area contributed by atoms with Crippen LogP contribution in [-0.4, -0.2) is 19.1 Å². The fourth-order valence-electron chi connectivity index (χ4n) is 3.20. The quantitative estimate of drug-likeness (QED) is 0.807. The third-order valence-corrected chi connectivity index (χ3v) is 4.51. The van der Waals surface area contributed by atoms with Gasteiger partial charge in [0, 0.05) is 12.6 Å². The minimum Gasteiger partial charge on any atom is -0.465 e. The van der Waals surface area contributed by atoms with Gasteiger partial charge >= 0.3 is 5.97 Å². The van der Waals surface area contributed by atoms with Crippen molar-refractivity contribution in [2.45, 2.75) is 58.0 Å². The Morgan fingerprint density at radius 3 is 2.43 bits per heavy atom. The van der Waals surface area contributed by atoms with Gasteiger partial charge in [-0.25, -0.2) is 4.79 Å². The first-order valence-corrected chi connectivity index (χ1v) is 8.13. The number of esters is 1. The maximum atomic E-state index is 11.4. The van der Waals surface area contributed by atoms with Gasteiger partial charge in [0.1, 0.15) is 0 Å². The molecule has 1 aromatic carbocycles. The monoisotopic (exact) mass is 289 g/mol. The highest BCUT2D eigenvalue weighted by molar-refractivity contribution is 5.89. The van der Waals surface area contributed by atoms with Crippen LogP contribution in [0.4, 0.5) is 0 Å². The van der Waals surface area contributed by atoms with Gasteiger partial charge in [-0.1, -0.05) is 31.9 Å². The molecule has 1 saturated carbocycles.